The summed E-state index contributed by atoms with van der Waals surface area (Å²) in [5.74, 6) is -1.21. The highest BCUT2D eigenvalue weighted by atomic mass is 16.2. The summed E-state index contributed by atoms with van der Waals surface area (Å²) in [5, 5.41) is 2.55. The van der Waals surface area contributed by atoms with Crippen molar-refractivity contribution < 1.29 is 14.4 Å². The van der Waals surface area contributed by atoms with Crippen LogP contribution in [0.25, 0.3) is 0 Å². The van der Waals surface area contributed by atoms with E-state index < -0.39 is 11.8 Å². The summed E-state index contributed by atoms with van der Waals surface area (Å²) in [5.41, 5.74) is 0.590. The Hall–Kier alpha value is -2.37. The van der Waals surface area contributed by atoms with Crippen molar-refractivity contribution in [2.45, 2.75) is 0 Å². The van der Waals surface area contributed by atoms with Gasteiger partial charge in [0.25, 0.3) is 0 Å². The van der Waals surface area contributed by atoms with Crippen LogP contribution in [0.5, 0.6) is 0 Å². The van der Waals surface area contributed by atoms with Crippen molar-refractivity contribution in [2.75, 3.05) is 31.5 Å². The first-order valence-electron chi connectivity index (χ1n) is 6.05. The molecular formula is C13H15N3O3. The van der Waals surface area contributed by atoms with Gasteiger partial charge < -0.3 is 15.1 Å². The normalized spacial score (nSPS) is 14.9. The largest absolute Gasteiger partial charge is 0.342 e. The summed E-state index contributed by atoms with van der Waals surface area (Å²) in [6.45, 7) is 1.71. The molecule has 0 bridgehead atoms. The number of carbonyl (C=O) groups excluding carboxylic acids is 3. The molecular weight excluding hydrogens is 246 g/mol. The topological polar surface area (TPSA) is 69.7 Å². The third-order valence-corrected chi connectivity index (χ3v) is 2.98. The lowest BCUT2D eigenvalue weighted by Crippen LogP contribution is -2.51. The average Bonchev–Trinajstić information content (AvgIpc) is 2.47. The molecule has 0 unspecified atom stereocenters. The Bertz CT molecular complexity index is 467. The molecule has 1 fully saturated rings. The van der Waals surface area contributed by atoms with Crippen LogP contribution in [-0.4, -0.2) is 54.2 Å². The van der Waals surface area contributed by atoms with Crippen molar-refractivity contribution in [1.82, 2.24) is 9.80 Å². The number of amides is 3. The molecule has 6 heteroatoms. The highest BCUT2D eigenvalue weighted by Gasteiger charge is 2.25. The van der Waals surface area contributed by atoms with E-state index in [1.165, 1.54) is 4.90 Å². The number of nitrogens with zero attached hydrogens (tertiary/aromatic N) is 2. The SMILES string of the molecule is O=CN1CCN(C(=O)C(=O)Nc2ccccc2)CC1. The van der Waals surface area contributed by atoms with Crippen LogP contribution in [0.15, 0.2) is 30.3 Å². The van der Waals surface area contributed by atoms with E-state index in [1.807, 2.05) is 6.07 Å². The predicted molar refractivity (Wildman–Crippen MR) is 69.3 cm³/mol. The number of hydrogen-bond donors (Lipinski definition) is 1. The maximum atomic E-state index is 11.9. The van der Waals surface area contributed by atoms with Gasteiger partial charge in [0.2, 0.25) is 6.41 Å². The molecule has 1 aromatic rings. The Kier molecular flexibility index (Phi) is 4.12. The second kappa shape index (κ2) is 5.99. The highest BCUT2D eigenvalue weighted by Crippen LogP contribution is 2.06. The molecule has 1 aromatic carbocycles. The molecule has 19 heavy (non-hydrogen) atoms. The van der Waals surface area contributed by atoms with Crippen molar-refractivity contribution in [3.05, 3.63) is 30.3 Å². The van der Waals surface area contributed by atoms with Crippen LogP contribution in [0.1, 0.15) is 0 Å². The number of carbonyl (C=O) groups is 3. The van der Waals surface area contributed by atoms with Crippen molar-refractivity contribution in [1.29, 1.82) is 0 Å². The lowest BCUT2D eigenvalue weighted by Gasteiger charge is -2.31. The Morgan fingerprint density at radius 2 is 1.68 bits per heavy atom. The van der Waals surface area contributed by atoms with Gasteiger partial charge in [0.15, 0.2) is 0 Å². The Morgan fingerprint density at radius 3 is 2.26 bits per heavy atom. The molecule has 1 aliphatic heterocycles. The van der Waals surface area contributed by atoms with Crippen LogP contribution in [0.3, 0.4) is 0 Å². The van der Waals surface area contributed by atoms with Gasteiger partial charge in [-0.15, -0.1) is 0 Å². The smallest absolute Gasteiger partial charge is 0.313 e. The zero-order valence-electron chi connectivity index (χ0n) is 10.4. The monoisotopic (exact) mass is 261 g/mol. The summed E-state index contributed by atoms with van der Waals surface area (Å²) in [7, 11) is 0. The van der Waals surface area contributed by atoms with Crippen molar-refractivity contribution in [2.24, 2.45) is 0 Å². The minimum atomic E-state index is -0.647. The first kappa shape index (κ1) is 13.1. The van der Waals surface area contributed by atoms with Crippen molar-refractivity contribution in [3.63, 3.8) is 0 Å². The second-order valence-corrected chi connectivity index (χ2v) is 4.25. The summed E-state index contributed by atoms with van der Waals surface area (Å²) < 4.78 is 0. The summed E-state index contributed by atoms with van der Waals surface area (Å²) in [6, 6.07) is 8.83. The third kappa shape index (κ3) is 3.31. The van der Waals surface area contributed by atoms with E-state index in [1.54, 1.807) is 29.2 Å². The molecule has 0 radical (unpaired) electrons. The molecule has 1 saturated heterocycles. The van der Waals surface area contributed by atoms with E-state index in [0.717, 1.165) is 6.41 Å². The van der Waals surface area contributed by atoms with Gasteiger partial charge in [-0.05, 0) is 12.1 Å². The van der Waals surface area contributed by atoms with Gasteiger partial charge in [-0.1, -0.05) is 18.2 Å². The molecule has 1 heterocycles. The first-order chi connectivity index (χ1) is 9.20. The minimum absolute atomic E-state index is 0.389. The van der Waals surface area contributed by atoms with E-state index in [2.05, 4.69) is 5.32 Å². The zero-order valence-corrected chi connectivity index (χ0v) is 10.4. The van der Waals surface area contributed by atoms with Gasteiger partial charge >= 0.3 is 11.8 Å². The number of hydrogen-bond acceptors (Lipinski definition) is 3. The predicted octanol–water partition coefficient (Wildman–Crippen LogP) is -0.0743. The number of rotatable bonds is 2. The van der Waals surface area contributed by atoms with Crippen LogP contribution in [0.4, 0.5) is 5.69 Å². The van der Waals surface area contributed by atoms with E-state index in [9.17, 15) is 14.4 Å². The molecule has 2 rings (SSSR count). The molecule has 0 aliphatic carbocycles. The second-order valence-electron chi connectivity index (χ2n) is 4.25. The van der Waals surface area contributed by atoms with Gasteiger partial charge in [0.1, 0.15) is 0 Å². The van der Waals surface area contributed by atoms with Crippen LogP contribution in [0.2, 0.25) is 0 Å². The van der Waals surface area contributed by atoms with Crippen molar-refractivity contribution >= 4 is 23.9 Å². The molecule has 0 saturated carbocycles. The third-order valence-electron chi connectivity index (χ3n) is 2.98. The summed E-state index contributed by atoms with van der Waals surface area (Å²) in [4.78, 5) is 37.3. The van der Waals surface area contributed by atoms with E-state index in [0.29, 0.717) is 31.9 Å². The molecule has 100 valence electrons. The average molecular weight is 261 g/mol. The molecule has 1 aliphatic rings. The quantitative estimate of drug-likeness (QED) is 0.598. The number of nitrogens with one attached hydrogen (secondary N) is 1. The number of anilines is 1. The number of piperazine rings is 1. The van der Waals surface area contributed by atoms with Gasteiger partial charge in [0, 0.05) is 31.9 Å². The fourth-order valence-corrected chi connectivity index (χ4v) is 1.88. The first-order valence-corrected chi connectivity index (χ1v) is 6.05. The van der Waals surface area contributed by atoms with E-state index in [4.69, 9.17) is 0 Å². The number of para-hydroxylation sites is 1. The lowest BCUT2D eigenvalue weighted by atomic mass is 10.3. The van der Waals surface area contributed by atoms with Gasteiger partial charge in [-0.25, -0.2) is 0 Å². The molecule has 3 amide bonds. The molecule has 1 N–H and O–H groups in total. The molecule has 0 spiro atoms. The maximum Gasteiger partial charge on any atom is 0.313 e. The zero-order chi connectivity index (χ0) is 13.7. The number of benzene rings is 1. The standard InChI is InChI=1S/C13H15N3O3/c17-10-15-6-8-16(9-7-15)13(19)12(18)14-11-4-2-1-3-5-11/h1-5,10H,6-9H2,(H,14,18). The molecule has 0 atom stereocenters. The minimum Gasteiger partial charge on any atom is -0.342 e. The van der Waals surface area contributed by atoms with Gasteiger partial charge in [-0.2, -0.15) is 0 Å². The highest BCUT2D eigenvalue weighted by molar-refractivity contribution is 6.39. The van der Waals surface area contributed by atoms with Crippen LogP contribution >= 0.6 is 0 Å². The van der Waals surface area contributed by atoms with Gasteiger partial charge in [-0.3, -0.25) is 14.4 Å². The molecule has 0 aromatic heterocycles. The Balaban J connectivity index is 1.89. The Labute approximate surface area is 111 Å². The molecule has 6 nitrogen and oxygen atoms in total. The summed E-state index contributed by atoms with van der Waals surface area (Å²) in [6.07, 6.45) is 0.756. The summed E-state index contributed by atoms with van der Waals surface area (Å²) >= 11 is 0. The van der Waals surface area contributed by atoms with E-state index >= 15 is 0 Å². The maximum absolute atomic E-state index is 11.9. The van der Waals surface area contributed by atoms with Crippen LogP contribution < -0.4 is 5.32 Å². The van der Waals surface area contributed by atoms with Gasteiger partial charge in [0.05, 0.1) is 0 Å². The Morgan fingerprint density at radius 1 is 1.05 bits per heavy atom. The van der Waals surface area contributed by atoms with Crippen LogP contribution in [0, 0.1) is 0 Å². The van der Waals surface area contributed by atoms with E-state index in [-0.39, 0.29) is 0 Å². The lowest BCUT2D eigenvalue weighted by molar-refractivity contribution is -0.144. The fourth-order valence-electron chi connectivity index (χ4n) is 1.88. The van der Waals surface area contributed by atoms with Crippen LogP contribution in [-0.2, 0) is 14.4 Å². The van der Waals surface area contributed by atoms with Crippen molar-refractivity contribution in [3.8, 4) is 0 Å². The fraction of sp³-hybridized carbons (Fsp3) is 0.308.